The lowest BCUT2D eigenvalue weighted by Crippen LogP contribution is -2.22. The molecule has 1 aromatic rings. The van der Waals surface area contributed by atoms with Crippen molar-refractivity contribution in [1.29, 1.82) is 0 Å². The van der Waals surface area contributed by atoms with Crippen molar-refractivity contribution in [2.75, 3.05) is 0 Å². The SMILES string of the molecule is CC(C)(C)Oc1ccc(C(F)Cl)cc1. The molecule has 1 unspecified atom stereocenters. The number of benzene rings is 1. The Hall–Kier alpha value is -0.760. The fourth-order valence-corrected chi connectivity index (χ4v) is 1.18. The summed E-state index contributed by atoms with van der Waals surface area (Å²) in [5, 5.41) is 0. The molecule has 78 valence electrons. The smallest absolute Gasteiger partial charge is 0.198 e. The van der Waals surface area contributed by atoms with Crippen molar-refractivity contribution in [3.63, 3.8) is 0 Å². The highest BCUT2D eigenvalue weighted by Crippen LogP contribution is 2.25. The lowest BCUT2D eigenvalue weighted by molar-refractivity contribution is 0.131. The number of rotatable bonds is 2. The fraction of sp³-hybridized carbons (Fsp3) is 0.455. The third-order valence-corrected chi connectivity index (χ3v) is 1.81. The van der Waals surface area contributed by atoms with Crippen LogP contribution in [0.25, 0.3) is 0 Å². The molecule has 0 aliphatic rings. The molecule has 0 saturated heterocycles. The van der Waals surface area contributed by atoms with Crippen molar-refractivity contribution in [2.45, 2.75) is 32.0 Å². The van der Waals surface area contributed by atoms with E-state index in [-0.39, 0.29) is 5.60 Å². The number of ether oxygens (including phenoxy) is 1. The van der Waals surface area contributed by atoms with E-state index in [0.717, 1.165) is 5.75 Å². The summed E-state index contributed by atoms with van der Waals surface area (Å²) in [7, 11) is 0. The molecular weight excluding hydrogens is 203 g/mol. The van der Waals surface area contributed by atoms with E-state index in [2.05, 4.69) is 0 Å². The summed E-state index contributed by atoms with van der Waals surface area (Å²) in [5.74, 6) is 0.721. The van der Waals surface area contributed by atoms with Crippen LogP contribution in [0.3, 0.4) is 0 Å². The molecule has 1 rings (SSSR count). The molecule has 0 radical (unpaired) electrons. The maximum Gasteiger partial charge on any atom is 0.198 e. The second-order valence-electron chi connectivity index (χ2n) is 4.08. The summed E-state index contributed by atoms with van der Waals surface area (Å²) in [4.78, 5) is 0. The quantitative estimate of drug-likeness (QED) is 0.678. The Labute approximate surface area is 88.8 Å². The van der Waals surface area contributed by atoms with Crippen LogP contribution < -0.4 is 4.74 Å². The van der Waals surface area contributed by atoms with Crippen LogP contribution in [0.1, 0.15) is 32.0 Å². The Bertz CT molecular complexity index is 287. The Kier molecular flexibility index (Phi) is 3.38. The monoisotopic (exact) mass is 216 g/mol. The van der Waals surface area contributed by atoms with Crippen molar-refractivity contribution in [1.82, 2.24) is 0 Å². The first kappa shape index (κ1) is 11.3. The van der Waals surface area contributed by atoms with Crippen LogP contribution in [-0.2, 0) is 0 Å². The summed E-state index contributed by atoms with van der Waals surface area (Å²) in [6, 6.07) is 6.68. The zero-order valence-electron chi connectivity index (χ0n) is 8.55. The van der Waals surface area contributed by atoms with Gasteiger partial charge in [-0.1, -0.05) is 23.7 Å². The van der Waals surface area contributed by atoms with E-state index in [1.807, 2.05) is 20.8 Å². The molecule has 0 fully saturated rings. The van der Waals surface area contributed by atoms with Gasteiger partial charge in [0.1, 0.15) is 11.4 Å². The standard InChI is InChI=1S/C11H14ClFO/c1-11(2,3)14-9-6-4-8(5-7-9)10(12)13/h4-7,10H,1-3H3. The topological polar surface area (TPSA) is 9.23 Å². The summed E-state index contributed by atoms with van der Waals surface area (Å²) in [5.41, 5.74) is -1.23. The van der Waals surface area contributed by atoms with Gasteiger partial charge in [-0.3, -0.25) is 0 Å². The second-order valence-corrected chi connectivity index (χ2v) is 4.47. The molecule has 1 aromatic carbocycles. The Morgan fingerprint density at radius 2 is 1.71 bits per heavy atom. The predicted octanol–water partition coefficient (Wildman–Crippen LogP) is 4.07. The van der Waals surface area contributed by atoms with Gasteiger partial charge in [0.25, 0.3) is 0 Å². The van der Waals surface area contributed by atoms with E-state index in [9.17, 15) is 4.39 Å². The number of halogens is 2. The Balaban J connectivity index is 2.74. The normalized spacial score (nSPS) is 13.8. The molecule has 1 nitrogen and oxygen atoms in total. The molecular formula is C11H14ClFO. The molecule has 0 aliphatic heterocycles. The van der Waals surface area contributed by atoms with Crippen LogP contribution in [-0.4, -0.2) is 5.60 Å². The molecule has 0 saturated carbocycles. The van der Waals surface area contributed by atoms with Gasteiger partial charge in [-0.2, -0.15) is 0 Å². The molecule has 3 heteroatoms. The minimum atomic E-state index is -1.45. The third kappa shape index (κ3) is 3.54. The van der Waals surface area contributed by atoms with Crippen LogP contribution in [0.5, 0.6) is 5.75 Å². The second kappa shape index (κ2) is 4.18. The zero-order chi connectivity index (χ0) is 10.8. The maximum atomic E-state index is 12.6. The molecule has 0 spiro atoms. The van der Waals surface area contributed by atoms with Crippen LogP contribution in [0.4, 0.5) is 4.39 Å². The minimum Gasteiger partial charge on any atom is -0.488 e. The zero-order valence-corrected chi connectivity index (χ0v) is 9.31. The first-order valence-electron chi connectivity index (χ1n) is 4.45. The summed E-state index contributed by atoms with van der Waals surface area (Å²) >= 11 is 5.28. The van der Waals surface area contributed by atoms with Gasteiger partial charge >= 0.3 is 0 Å². The van der Waals surface area contributed by atoms with E-state index < -0.39 is 5.63 Å². The van der Waals surface area contributed by atoms with Gasteiger partial charge in [-0.05, 0) is 32.9 Å². The van der Waals surface area contributed by atoms with Gasteiger partial charge in [0, 0.05) is 5.56 Å². The van der Waals surface area contributed by atoms with Crippen LogP contribution in [0.15, 0.2) is 24.3 Å². The highest BCUT2D eigenvalue weighted by molar-refractivity contribution is 6.19. The molecule has 14 heavy (non-hydrogen) atoms. The van der Waals surface area contributed by atoms with Crippen molar-refractivity contribution >= 4 is 11.6 Å². The lowest BCUT2D eigenvalue weighted by atomic mass is 10.2. The van der Waals surface area contributed by atoms with Gasteiger partial charge in [-0.25, -0.2) is 4.39 Å². The first-order chi connectivity index (χ1) is 6.38. The number of hydrogen-bond donors (Lipinski definition) is 0. The fourth-order valence-electron chi connectivity index (χ4n) is 1.03. The number of alkyl halides is 2. The van der Waals surface area contributed by atoms with Gasteiger partial charge in [0.15, 0.2) is 5.63 Å². The lowest BCUT2D eigenvalue weighted by Gasteiger charge is -2.21. The van der Waals surface area contributed by atoms with Crippen LogP contribution in [0, 0.1) is 0 Å². The highest BCUT2D eigenvalue weighted by Gasteiger charge is 2.12. The molecule has 0 bridgehead atoms. The maximum absolute atomic E-state index is 12.6. The minimum absolute atomic E-state index is 0.238. The van der Waals surface area contributed by atoms with Gasteiger partial charge in [0.05, 0.1) is 0 Å². The number of hydrogen-bond acceptors (Lipinski definition) is 1. The molecule has 0 aromatic heterocycles. The molecule has 0 aliphatic carbocycles. The van der Waals surface area contributed by atoms with E-state index in [4.69, 9.17) is 16.3 Å². The van der Waals surface area contributed by atoms with Crippen molar-refractivity contribution < 1.29 is 9.13 Å². The van der Waals surface area contributed by atoms with Crippen molar-refractivity contribution in [3.05, 3.63) is 29.8 Å². The summed E-state index contributed by atoms with van der Waals surface area (Å²) in [6.45, 7) is 5.88. The van der Waals surface area contributed by atoms with E-state index >= 15 is 0 Å². The van der Waals surface area contributed by atoms with Gasteiger partial charge in [0.2, 0.25) is 0 Å². The predicted molar refractivity (Wildman–Crippen MR) is 56.5 cm³/mol. The van der Waals surface area contributed by atoms with E-state index in [1.165, 1.54) is 0 Å². The van der Waals surface area contributed by atoms with Gasteiger partial charge < -0.3 is 4.74 Å². The van der Waals surface area contributed by atoms with Crippen LogP contribution in [0.2, 0.25) is 0 Å². The highest BCUT2D eigenvalue weighted by atomic mass is 35.5. The summed E-state index contributed by atoms with van der Waals surface area (Å²) < 4.78 is 18.2. The first-order valence-corrected chi connectivity index (χ1v) is 4.89. The van der Waals surface area contributed by atoms with E-state index in [0.29, 0.717) is 5.56 Å². The Morgan fingerprint density at radius 3 is 2.07 bits per heavy atom. The average Bonchev–Trinajstić information content (AvgIpc) is 2.02. The largest absolute Gasteiger partial charge is 0.488 e. The average molecular weight is 217 g/mol. The molecule has 1 atom stereocenters. The van der Waals surface area contributed by atoms with Crippen LogP contribution >= 0.6 is 11.6 Å². The van der Waals surface area contributed by atoms with Gasteiger partial charge in [-0.15, -0.1) is 0 Å². The van der Waals surface area contributed by atoms with Crippen molar-refractivity contribution in [2.24, 2.45) is 0 Å². The molecule has 0 amide bonds. The Morgan fingerprint density at radius 1 is 1.21 bits per heavy atom. The molecule has 0 N–H and O–H groups in total. The third-order valence-electron chi connectivity index (χ3n) is 1.56. The summed E-state index contributed by atoms with van der Waals surface area (Å²) in [6.07, 6.45) is 0. The van der Waals surface area contributed by atoms with Crippen molar-refractivity contribution in [3.8, 4) is 5.75 Å². The van der Waals surface area contributed by atoms with E-state index in [1.54, 1.807) is 24.3 Å². The molecule has 0 heterocycles.